The Morgan fingerprint density at radius 2 is 2.14 bits per heavy atom. The largest absolute Gasteiger partial charge is 0.244 e. The SMILES string of the molecule is CC1NNSC1C. The lowest BCUT2D eigenvalue weighted by Crippen LogP contribution is -2.28. The van der Waals surface area contributed by atoms with Crippen molar-refractivity contribution in [2.75, 3.05) is 0 Å². The first-order chi connectivity index (χ1) is 3.30. The summed E-state index contributed by atoms with van der Waals surface area (Å²) < 4.78 is 0. The Morgan fingerprint density at radius 1 is 1.43 bits per heavy atom. The van der Waals surface area contributed by atoms with Crippen LogP contribution in [0, 0.1) is 0 Å². The molecule has 0 saturated carbocycles. The van der Waals surface area contributed by atoms with Crippen molar-refractivity contribution in [3.05, 3.63) is 0 Å². The van der Waals surface area contributed by atoms with Gasteiger partial charge in [0.1, 0.15) is 0 Å². The third-order valence-electron chi connectivity index (χ3n) is 1.24. The molecule has 2 atom stereocenters. The van der Waals surface area contributed by atoms with Gasteiger partial charge in [0.15, 0.2) is 0 Å². The average Bonchev–Trinajstić information content (AvgIpc) is 1.91. The average molecular weight is 118 g/mol. The maximum absolute atomic E-state index is 3.08. The molecular formula is C4H10N2S. The molecule has 0 aromatic rings. The highest BCUT2D eigenvalue weighted by molar-refractivity contribution is 7.98. The Balaban J connectivity index is 2.33. The first-order valence-corrected chi connectivity index (χ1v) is 3.35. The van der Waals surface area contributed by atoms with E-state index >= 15 is 0 Å². The molecule has 1 aliphatic heterocycles. The van der Waals surface area contributed by atoms with Crippen molar-refractivity contribution in [2.24, 2.45) is 0 Å². The highest BCUT2D eigenvalue weighted by Gasteiger charge is 2.17. The number of hydrogen-bond acceptors (Lipinski definition) is 3. The van der Waals surface area contributed by atoms with E-state index in [1.54, 1.807) is 11.9 Å². The monoisotopic (exact) mass is 118 g/mol. The van der Waals surface area contributed by atoms with Crippen LogP contribution in [0.3, 0.4) is 0 Å². The molecule has 3 heteroatoms. The second-order valence-electron chi connectivity index (χ2n) is 1.86. The number of hydrazine groups is 1. The van der Waals surface area contributed by atoms with Gasteiger partial charge in [0, 0.05) is 11.3 Å². The molecule has 1 heterocycles. The van der Waals surface area contributed by atoms with Gasteiger partial charge in [0.25, 0.3) is 0 Å². The fourth-order valence-electron chi connectivity index (χ4n) is 0.439. The maximum Gasteiger partial charge on any atom is 0.0341 e. The fourth-order valence-corrected chi connectivity index (χ4v) is 1.15. The number of rotatable bonds is 0. The summed E-state index contributed by atoms with van der Waals surface area (Å²) >= 11 is 1.74. The molecule has 0 aliphatic carbocycles. The summed E-state index contributed by atoms with van der Waals surface area (Å²) in [4.78, 5) is 2.99. The lowest BCUT2D eigenvalue weighted by atomic mass is 10.3. The van der Waals surface area contributed by atoms with Crippen LogP contribution in [0.2, 0.25) is 0 Å². The summed E-state index contributed by atoms with van der Waals surface area (Å²) in [6, 6.07) is 0.616. The summed E-state index contributed by atoms with van der Waals surface area (Å²) in [6.45, 7) is 4.36. The molecule has 1 saturated heterocycles. The molecule has 42 valence electrons. The molecule has 2 nitrogen and oxygen atoms in total. The Morgan fingerprint density at radius 3 is 2.29 bits per heavy atom. The Hall–Kier alpha value is 0.270. The summed E-state index contributed by atoms with van der Waals surface area (Å²) in [6.07, 6.45) is 0. The molecule has 0 spiro atoms. The van der Waals surface area contributed by atoms with Gasteiger partial charge >= 0.3 is 0 Å². The minimum Gasteiger partial charge on any atom is -0.244 e. The van der Waals surface area contributed by atoms with Crippen molar-refractivity contribution in [2.45, 2.75) is 25.1 Å². The van der Waals surface area contributed by atoms with E-state index in [-0.39, 0.29) is 0 Å². The quantitative estimate of drug-likeness (QED) is 0.453. The molecule has 1 aliphatic rings. The number of nitrogens with one attached hydrogen (secondary N) is 2. The van der Waals surface area contributed by atoms with Gasteiger partial charge in [-0.1, -0.05) is 18.9 Å². The summed E-state index contributed by atoms with van der Waals surface area (Å²) in [5, 5.41) is 0.708. The van der Waals surface area contributed by atoms with Gasteiger partial charge in [0.2, 0.25) is 0 Å². The van der Waals surface area contributed by atoms with Crippen molar-refractivity contribution in [3.63, 3.8) is 0 Å². The van der Waals surface area contributed by atoms with Crippen LogP contribution in [0.4, 0.5) is 0 Å². The molecule has 0 aromatic carbocycles. The van der Waals surface area contributed by atoms with Crippen LogP contribution in [0.5, 0.6) is 0 Å². The van der Waals surface area contributed by atoms with Gasteiger partial charge in [-0.25, -0.2) is 10.3 Å². The first-order valence-electron chi connectivity index (χ1n) is 2.47. The zero-order valence-corrected chi connectivity index (χ0v) is 5.38. The third kappa shape index (κ3) is 1.08. The predicted molar refractivity (Wildman–Crippen MR) is 32.8 cm³/mol. The smallest absolute Gasteiger partial charge is 0.0341 e. The zero-order chi connectivity index (χ0) is 5.28. The third-order valence-corrected chi connectivity index (χ3v) is 2.25. The molecule has 1 fully saturated rings. The van der Waals surface area contributed by atoms with Crippen LogP contribution in [-0.4, -0.2) is 11.3 Å². The molecule has 1 rings (SSSR count). The van der Waals surface area contributed by atoms with Crippen molar-refractivity contribution in [1.82, 2.24) is 10.3 Å². The Bertz CT molecular complexity index is 58.7. The second-order valence-corrected chi connectivity index (χ2v) is 3.04. The van der Waals surface area contributed by atoms with E-state index in [4.69, 9.17) is 0 Å². The Labute approximate surface area is 48.2 Å². The van der Waals surface area contributed by atoms with Gasteiger partial charge in [-0.3, -0.25) is 0 Å². The lowest BCUT2D eigenvalue weighted by Gasteiger charge is -2.02. The van der Waals surface area contributed by atoms with Crippen LogP contribution in [-0.2, 0) is 0 Å². The van der Waals surface area contributed by atoms with Crippen LogP contribution in [0.15, 0.2) is 0 Å². The van der Waals surface area contributed by atoms with Crippen LogP contribution < -0.4 is 10.3 Å². The topological polar surface area (TPSA) is 24.1 Å². The Kier molecular flexibility index (Phi) is 1.57. The summed E-state index contributed by atoms with van der Waals surface area (Å²) in [7, 11) is 0. The first kappa shape index (κ1) is 5.41. The summed E-state index contributed by atoms with van der Waals surface area (Å²) in [5.74, 6) is 0. The van der Waals surface area contributed by atoms with Crippen LogP contribution in [0.25, 0.3) is 0 Å². The molecule has 0 aromatic heterocycles. The predicted octanol–water partition coefficient (Wildman–Crippen LogP) is 0.519. The molecule has 2 N–H and O–H groups in total. The van der Waals surface area contributed by atoms with Gasteiger partial charge in [-0.15, -0.1) is 0 Å². The van der Waals surface area contributed by atoms with E-state index in [1.807, 2.05) is 0 Å². The van der Waals surface area contributed by atoms with E-state index in [0.29, 0.717) is 11.3 Å². The minimum absolute atomic E-state index is 0.616. The standard InChI is InChI=1S/C4H10N2S/c1-3-4(2)7-6-5-3/h3-6H,1-2H3. The van der Waals surface area contributed by atoms with Crippen molar-refractivity contribution >= 4 is 11.9 Å². The molecular weight excluding hydrogens is 108 g/mol. The highest BCUT2D eigenvalue weighted by Crippen LogP contribution is 2.13. The summed E-state index contributed by atoms with van der Waals surface area (Å²) in [5.41, 5.74) is 3.08. The van der Waals surface area contributed by atoms with Gasteiger partial charge < -0.3 is 0 Å². The van der Waals surface area contributed by atoms with Crippen LogP contribution in [0.1, 0.15) is 13.8 Å². The fraction of sp³-hybridized carbons (Fsp3) is 1.00. The van der Waals surface area contributed by atoms with E-state index in [2.05, 4.69) is 24.1 Å². The minimum atomic E-state index is 0.616. The van der Waals surface area contributed by atoms with E-state index < -0.39 is 0 Å². The van der Waals surface area contributed by atoms with Gasteiger partial charge in [-0.2, -0.15) is 0 Å². The highest BCUT2D eigenvalue weighted by atomic mass is 32.2. The van der Waals surface area contributed by atoms with Crippen LogP contribution >= 0.6 is 11.9 Å². The number of hydrogen-bond donors (Lipinski definition) is 2. The zero-order valence-electron chi connectivity index (χ0n) is 4.56. The van der Waals surface area contributed by atoms with E-state index in [9.17, 15) is 0 Å². The van der Waals surface area contributed by atoms with E-state index in [1.165, 1.54) is 0 Å². The van der Waals surface area contributed by atoms with Crippen molar-refractivity contribution in [3.8, 4) is 0 Å². The molecule has 0 amide bonds. The van der Waals surface area contributed by atoms with Crippen molar-refractivity contribution < 1.29 is 0 Å². The van der Waals surface area contributed by atoms with Gasteiger partial charge in [-0.05, 0) is 6.92 Å². The normalized spacial score (nSPS) is 42.0. The maximum atomic E-state index is 3.08. The lowest BCUT2D eigenvalue weighted by molar-refractivity contribution is 0.575. The van der Waals surface area contributed by atoms with E-state index in [0.717, 1.165) is 0 Å². The molecule has 0 bridgehead atoms. The van der Waals surface area contributed by atoms with Crippen molar-refractivity contribution in [1.29, 1.82) is 0 Å². The molecule has 0 radical (unpaired) electrons. The molecule has 2 unspecified atom stereocenters. The van der Waals surface area contributed by atoms with Gasteiger partial charge in [0.05, 0.1) is 0 Å². The second kappa shape index (κ2) is 2.03. The molecule has 7 heavy (non-hydrogen) atoms.